The lowest BCUT2D eigenvalue weighted by atomic mass is 9.68. The van der Waals surface area contributed by atoms with Crippen LogP contribution in [0.4, 0.5) is 10.5 Å². The van der Waals surface area contributed by atoms with Gasteiger partial charge in [0.05, 0.1) is 23.8 Å². The van der Waals surface area contributed by atoms with E-state index in [1.54, 1.807) is 18.2 Å². The summed E-state index contributed by atoms with van der Waals surface area (Å²) >= 11 is 6.42. The van der Waals surface area contributed by atoms with Crippen molar-refractivity contribution in [2.45, 2.75) is 81.8 Å². The number of halogens is 1. The second-order valence-corrected chi connectivity index (χ2v) is 16.7. The lowest BCUT2D eigenvalue weighted by Gasteiger charge is -2.46. The molecule has 0 saturated heterocycles. The zero-order valence-corrected chi connectivity index (χ0v) is 29.7. The molecule has 2 heterocycles. The van der Waals surface area contributed by atoms with Crippen molar-refractivity contribution in [2.24, 2.45) is 17.8 Å². The van der Waals surface area contributed by atoms with E-state index >= 15 is 0 Å². The topological polar surface area (TPSA) is 123 Å². The summed E-state index contributed by atoms with van der Waals surface area (Å²) in [5, 5.41) is 3.57. The van der Waals surface area contributed by atoms with Gasteiger partial charge < -0.3 is 24.4 Å². The standard InChI is InChI=1S/C36H46ClN3O7S/c1-23(2)19-38-34(42)47-31-8-6-16-46-35(3,4)33(41)39-48(43,44)27-11-14-32-30(18-27)40(20-25-9-12-28(25)31)21-36(22-45-32)15-5-7-24-17-26(37)10-13-29(24)36/h6,8,10-11,13-14,17-18,23,25,28,31H,5,7,9,12,15-16,19-22H2,1-4H3,(H,38,42)(H,39,41)/b8-6-/t25-,28+,31-,36-/m0/s1. The molecule has 4 atom stereocenters. The van der Waals surface area contributed by atoms with Crippen LogP contribution in [0.25, 0.3) is 0 Å². The van der Waals surface area contributed by atoms with Crippen molar-refractivity contribution in [3.63, 3.8) is 0 Å². The van der Waals surface area contributed by atoms with E-state index in [2.05, 4.69) is 21.0 Å². The molecule has 260 valence electrons. The molecule has 2 amide bonds. The second kappa shape index (κ2) is 13.6. The zero-order valence-electron chi connectivity index (χ0n) is 28.1. The highest BCUT2D eigenvalue weighted by molar-refractivity contribution is 7.90. The first kappa shape index (κ1) is 34.6. The normalized spacial score (nSPS) is 28.5. The molecule has 1 fully saturated rings. The molecule has 10 nitrogen and oxygen atoms in total. The Morgan fingerprint density at radius 3 is 2.75 bits per heavy atom. The monoisotopic (exact) mass is 699 g/mol. The molecular formula is C36H46ClN3O7S. The molecule has 2 aromatic carbocycles. The maximum absolute atomic E-state index is 13.6. The Kier molecular flexibility index (Phi) is 9.77. The predicted octanol–water partition coefficient (Wildman–Crippen LogP) is 5.76. The van der Waals surface area contributed by atoms with E-state index in [9.17, 15) is 18.0 Å². The maximum atomic E-state index is 13.6. The van der Waals surface area contributed by atoms with E-state index in [1.807, 2.05) is 32.1 Å². The third-order valence-electron chi connectivity index (χ3n) is 10.2. The molecule has 6 rings (SSSR count). The molecule has 0 radical (unpaired) electrons. The Morgan fingerprint density at radius 1 is 1.19 bits per heavy atom. The Morgan fingerprint density at radius 2 is 2.00 bits per heavy atom. The number of hydrogen-bond acceptors (Lipinski definition) is 8. The van der Waals surface area contributed by atoms with Crippen LogP contribution in [0.3, 0.4) is 0 Å². The van der Waals surface area contributed by atoms with Gasteiger partial charge in [-0.25, -0.2) is 17.9 Å². The lowest BCUT2D eigenvalue weighted by molar-refractivity contribution is -0.139. The van der Waals surface area contributed by atoms with Crippen LogP contribution in [0.15, 0.2) is 53.4 Å². The number of alkyl carbamates (subject to hydrolysis) is 1. The summed E-state index contributed by atoms with van der Waals surface area (Å²) in [5.74, 6) is 0.250. The second-order valence-electron chi connectivity index (χ2n) is 14.6. The largest absolute Gasteiger partial charge is 0.490 e. The molecule has 4 aliphatic rings. The van der Waals surface area contributed by atoms with Gasteiger partial charge >= 0.3 is 6.09 Å². The van der Waals surface area contributed by atoms with Crippen LogP contribution < -0.4 is 19.7 Å². The minimum atomic E-state index is -4.23. The number of aryl methyl sites for hydroxylation is 1. The Balaban J connectivity index is 1.41. The van der Waals surface area contributed by atoms with Crippen molar-refractivity contribution in [1.82, 2.24) is 10.0 Å². The number of carbonyl (C=O) groups excluding carboxylic acids is 2. The van der Waals surface area contributed by atoms with Crippen molar-refractivity contribution < 1.29 is 32.2 Å². The van der Waals surface area contributed by atoms with Gasteiger partial charge in [0, 0.05) is 36.0 Å². The number of fused-ring (bicyclic) bond motifs is 4. The van der Waals surface area contributed by atoms with Crippen molar-refractivity contribution in [3.8, 4) is 5.75 Å². The van der Waals surface area contributed by atoms with E-state index in [0.29, 0.717) is 42.7 Å². The predicted molar refractivity (Wildman–Crippen MR) is 184 cm³/mol. The smallest absolute Gasteiger partial charge is 0.407 e. The quantitative estimate of drug-likeness (QED) is 0.388. The molecule has 2 aliphatic heterocycles. The fourth-order valence-electron chi connectivity index (χ4n) is 7.34. The van der Waals surface area contributed by atoms with Gasteiger partial charge in [0.2, 0.25) is 0 Å². The number of hydrogen-bond donors (Lipinski definition) is 2. The maximum Gasteiger partial charge on any atom is 0.407 e. The van der Waals surface area contributed by atoms with Gasteiger partial charge in [-0.1, -0.05) is 37.6 Å². The third kappa shape index (κ3) is 7.19. The summed E-state index contributed by atoms with van der Waals surface area (Å²) in [5.41, 5.74) is 1.26. The molecule has 0 unspecified atom stereocenters. The molecule has 12 heteroatoms. The van der Waals surface area contributed by atoms with Crippen molar-refractivity contribution >= 4 is 39.3 Å². The first-order valence-electron chi connectivity index (χ1n) is 16.9. The summed E-state index contributed by atoms with van der Waals surface area (Å²) in [6, 6.07) is 10.9. The van der Waals surface area contributed by atoms with Crippen LogP contribution in [0, 0.1) is 17.8 Å². The highest BCUT2D eigenvalue weighted by Gasteiger charge is 2.45. The third-order valence-corrected chi connectivity index (χ3v) is 11.8. The van der Waals surface area contributed by atoms with Crippen LogP contribution in [0.2, 0.25) is 5.02 Å². The summed E-state index contributed by atoms with van der Waals surface area (Å²) in [6.45, 7) is 9.25. The van der Waals surface area contributed by atoms with Crippen LogP contribution in [0.5, 0.6) is 5.75 Å². The number of amides is 2. The van der Waals surface area contributed by atoms with E-state index < -0.39 is 33.7 Å². The molecule has 2 aliphatic carbocycles. The summed E-state index contributed by atoms with van der Waals surface area (Å²) in [6.07, 6.45) is 7.20. The molecule has 2 aromatic rings. The number of carbonyl (C=O) groups is 2. The summed E-state index contributed by atoms with van der Waals surface area (Å²) < 4.78 is 47.8. The zero-order chi connectivity index (χ0) is 34.3. The first-order valence-corrected chi connectivity index (χ1v) is 18.8. The van der Waals surface area contributed by atoms with E-state index in [4.69, 9.17) is 25.8 Å². The van der Waals surface area contributed by atoms with E-state index in [-0.39, 0.29) is 34.7 Å². The number of benzene rings is 2. The summed E-state index contributed by atoms with van der Waals surface area (Å²) in [7, 11) is -4.23. The molecule has 0 aromatic heterocycles. The van der Waals surface area contributed by atoms with Gasteiger partial charge in [0.1, 0.15) is 17.5 Å². The molecular weight excluding hydrogens is 654 g/mol. The molecule has 1 spiro atoms. The first-order chi connectivity index (χ1) is 22.8. The molecule has 2 N–H and O–H groups in total. The molecule has 48 heavy (non-hydrogen) atoms. The van der Waals surface area contributed by atoms with Gasteiger partial charge in [0.25, 0.3) is 15.9 Å². The fraction of sp³-hybridized carbons (Fsp3) is 0.556. The van der Waals surface area contributed by atoms with Crippen LogP contribution in [0.1, 0.15) is 64.5 Å². The average molecular weight is 700 g/mol. The molecule has 1 saturated carbocycles. The Hall–Kier alpha value is -3.28. The number of anilines is 1. The van der Waals surface area contributed by atoms with Gasteiger partial charge in [-0.15, -0.1) is 0 Å². The van der Waals surface area contributed by atoms with Crippen molar-refractivity contribution in [2.75, 3.05) is 37.7 Å². The summed E-state index contributed by atoms with van der Waals surface area (Å²) in [4.78, 5) is 28.3. The van der Waals surface area contributed by atoms with Crippen LogP contribution >= 0.6 is 11.6 Å². The fourth-order valence-corrected chi connectivity index (χ4v) is 8.65. The number of ether oxygens (including phenoxy) is 3. The van der Waals surface area contributed by atoms with Crippen molar-refractivity contribution in [1.29, 1.82) is 0 Å². The highest BCUT2D eigenvalue weighted by Crippen LogP contribution is 2.47. The van der Waals surface area contributed by atoms with Crippen LogP contribution in [-0.4, -0.2) is 65.0 Å². The van der Waals surface area contributed by atoms with Gasteiger partial charge in [-0.2, -0.15) is 0 Å². The van der Waals surface area contributed by atoms with Gasteiger partial charge in [0.15, 0.2) is 0 Å². The van der Waals surface area contributed by atoms with Crippen molar-refractivity contribution in [3.05, 3.63) is 64.7 Å². The van der Waals surface area contributed by atoms with E-state index in [0.717, 1.165) is 32.1 Å². The minimum absolute atomic E-state index is 0.0274. The minimum Gasteiger partial charge on any atom is -0.490 e. The average Bonchev–Trinajstić information content (AvgIpc) is 3.16. The van der Waals surface area contributed by atoms with E-state index in [1.165, 1.54) is 31.0 Å². The number of nitrogens with one attached hydrogen (secondary N) is 2. The van der Waals surface area contributed by atoms with Crippen LogP contribution in [-0.2, 0) is 36.1 Å². The number of sulfonamides is 1. The lowest BCUT2D eigenvalue weighted by Crippen LogP contribution is -2.50. The van der Waals surface area contributed by atoms with Gasteiger partial charge in [-0.05, 0) is 105 Å². The van der Waals surface area contributed by atoms with Gasteiger partial charge in [-0.3, -0.25) is 4.79 Å². The highest BCUT2D eigenvalue weighted by atomic mass is 35.5. The number of nitrogens with zero attached hydrogens (tertiary/aromatic N) is 1. The molecule has 2 bridgehead atoms. The Labute approximate surface area is 288 Å². The number of rotatable bonds is 3. The SMILES string of the molecule is CC(C)CNC(=O)O[C@H]1/C=C\COC(C)(C)C(=O)NS(=O)(=O)c2ccc3c(c2)N(C[C@@H]2CC[C@H]21)C[C@@]1(CCCc2cc(Cl)ccc21)CO3. The Bertz CT molecular complexity index is 1690.